The van der Waals surface area contributed by atoms with E-state index in [1.807, 2.05) is 0 Å². The summed E-state index contributed by atoms with van der Waals surface area (Å²) in [5, 5.41) is 1.02. The standard InChI is InChI=1S/C11H23BrO3/c1-3-11(9-12)10-15-6-4-5-14-8-7-13-2/h11H,3-10H2,1-2H3. The number of halogens is 1. The maximum atomic E-state index is 5.54. The highest BCUT2D eigenvalue weighted by atomic mass is 79.9. The van der Waals surface area contributed by atoms with Crippen LogP contribution in [-0.4, -0.2) is 45.5 Å². The lowest BCUT2D eigenvalue weighted by Gasteiger charge is -2.11. The molecule has 15 heavy (non-hydrogen) atoms. The molecule has 4 heteroatoms. The van der Waals surface area contributed by atoms with Gasteiger partial charge < -0.3 is 14.2 Å². The molecule has 0 aliphatic carbocycles. The molecule has 3 nitrogen and oxygen atoms in total. The Balaban J connectivity index is 3.04. The van der Waals surface area contributed by atoms with Gasteiger partial charge in [0, 0.05) is 25.7 Å². The van der Waals surface area contributed by atoms with E-state index in [-0.39, 0.29) is 0 Å². The molecule has 0 saturated carbocycles. The second-order valence-corrected chi connectivity index (χ2v) is 4.11. The van der Waals surface area contributed by atoms with E-state index in [4.69, 9.17) is 14.2 Å². The van der Waals surface area contributed by atoms with Crippen molar-refractivity contribution in [2.45, 2.75) is 19.8 Å². The average Bonchev–Trinajstić information content (AvgIpc) is 2.27. The number of methoxy groups -OCH3 is 1. The molecule has 0 aliphatic heterocycles. The van der Waals surface area contributed by atoms with Gasteiger partial charge in [-0.1, -0.05) is 29.3 Å². The number of alkyl halides is 1. The van der Waals surface area contributed by atoms with Gasteiger partial charge in [-0.2, -0.15) is 0 Å². The van der Waals surface area contributed by atoms with Gasteiger partial charge in [-0.05, 0) is 12.3 Å². The smallest absolute Gasteiger partial charge is 0.0700 e. The molecular formula is C11H23BrO3. The van der Waals surface area contributed by atoms with Crippen LogP contribution in [0.15, 0.2) is 0 Å². The highest BCUT2D eigenvalue weighted by Crippen LogP contribution is 2.06. The SMILES string of the molecule is CCC(CBr)COCCCOCCOC. The zero-order valence-corrected chi connectivity index (χ0v) is 11.4. The molecule has 92 valence electrons. The molecule has 0 aromatic heterocycles. The zero-order chi connectivity index (χ0) is 11.4. The monoisotopic (exact) mass is 282 g/mol. The van der Waals surface area contributed by atoms with Crippen molar-refractivity contribution < 1.29 is 14.2 Å². The van der Waals surface area contributed by atoms with Gasteiger partial charge in [0.1, 0.15) is 0 Å². The second kappa shape index (κ2) is 12.4. The summed E-state index contributed by atoms with van der Waals surface area (Å²) in [6.45, 7) is 5.92. The summed E-state index contributed by atoms with van der Waals surface area (Å²) in [4.78, 5) is 0. The highest BCUT2D eigenvalue weighted by molar-refractivity contribution is 9.09. The quantitative estimate of drug-likeness (QED) is 0.430. The third kappa shape index (κ3) is 10.6. The maximum Gasteiger partial charge on any atom is 0.0700 e. The van der Waals surface area contributed by atoms with Crippen molar-refractivity contribution in [3.63, 3.8) is 0 Å². The van der Waals surface area contributed by atoms with Crippen LogP contribution >= 0.6 is 15.9 Å². The third-order valence-corrected chi connectivity index (χ3v) is 3.07. The van der Waals surface area contributed by atoms with E-state index < -0.39 is 0 Å². The Hall–Kier alpha value is 0.360. The topological polar surface area (TPSA) is 27.7 Å². The molecule has 0 aliphatic rings. The molecule has 0 amide bonds. The summed E-state index contributed by atoms with van der Waals surface area (Å²) in [5.74, 6) is 0.638. The van der Waals surface area contributed by atoms with Gasteiger partial charge in [0.2, 0.25) is 0 Å². The second-order valence-electron chi connectivity index (χ2n) is 3.46. The van der Waals surface area contributed by atoms with Crippen molar-refractivity contribution in [2.24, 2.45) is 5.92 Å². The van der Waals surface area contributed by atoms with Crippen molar-refractivity contribution in [1.82, 2.24) is 0 Å². The minimum atomic E-state index is 0.638. The number of rotatable bonds is 11. The van der Waals surface area contributed by atoms with Gasteiger partial charge in [-0.3, -0.25) is 0 Å². The van der Waals surface area contributed by atoms with E-state index in [9.17, 15) is 0 Å². The summed E-state index contributed by atoms with van der Waals surface area (Å²) in [6, 6.07) is 0. The van der Waals surface area contributed by atoms with Crippen molar-refractivity contribution in [1.29, 1.82) is 0 Å². The Morgan fingerprint density at radius 1 is 1.07 bits per heavy atom. The largest absolute Gasteiger partial charge is 0.382 e. The first-order chi connectivity index (χ1) is 7.35. The molecule has 0 N–H and O–H groups in total. The van der Waals surface area contributed by atoms with Crippen LogP contribution in [0.2, 0.25) is 0 Å². The molecule has 0 aromatic carbocycles. The number of hydrogen-bond acceptors (Lipinski definition) is 3. The molecule has 1 atom stereocenters. The highest BCUT2D eigenvalue weighted by Gasteiger charge is 2.03. The Bertz CT molecular complexity index is 118. The Morgan fingerprint density at radius 3 is 2.40 bits per heavy atom. The van der Waals surface area contributed by atoms with E-state index in [0.29, 0.717) is 19.1 Å². The Morgan fingerprint density at radius 2 is 1.80 bits per heavy atom. The summed E-state index contributed by atoms with van der Waals surface area (Å²) in [5.41, 5.74) is 0. The van der Waals surface area contributed by atoms with Crippen molar-refractivity contribution >= 4 is 15.9 Å². The predicted octanol–water partition coefficient (Wildman–Crippen LogP) is 2.48. The van der Waals surface area contributed by atoms with E-state index in [0.717, 1.165) is 38.0 Å². The molecule has 0 radical (unpaired) electrons. The predicted molar refractivity (Wildman–Crippen MR) is 65.7 cm³/mol. The molecule has 0 saturated heterocycles. The van der Waals surface area contributed by atoms with Crippen LogP contribution in [0.3, 0.4) is 0 Å². The fraction of sp³-hybridized carbons (Fsp3) is 1.00. The van der Waals surface area contributed by atoms with Crippen LogP contribution < -0.4 is 0 Å². The summed E-state index contributed by atoms with van der Waals surface area (Å²) in [6.07, 6.45) is 2.12. The fourth-order valence-electron chi connectivity index (χ4n) is 1.03. The minimum Gasteiger partial charge on any atom is -0.382 e. The molecule has 0 heterocycles. The molecule has 0 fully saturated rings. The molecular weight excluding hydrogens is 260 g/mol. The van der Waals surface area contributed by atoms with Crippen LogP contribution in [0.25, 0.3) is 0 Å². The fourth-order valence-corrected chi connectivity index (χ4v) is 1.67. The summed E-state index contributed by atoms with van der Waals surface area (Å²) < 4.78 is 15.7. The lowest BCUT2D eigenvalue weighted by Crippen LogP contribution is -2.12. The first kappa shape index (κ1) is 15.4. The first-order valence-corrected chi connectivity index (χ1v) is 6.67. The van der Waals surface area contributed by atoms with E-state index in [1.165, 1.54) is 0 Å². The Kier molecular flexibility index (Phi) is 12.7. The zero-order valence-electron chi connectivity index (χ0n) is 9.84. The normalized spacial score (nSPS) is 13.0. The van der Waals surface area contributed by atoms with Gasteiger partial charge in [0.15, 0.2) is 0 Å². The molecule has 0 aromatic rings. The number of hydrogen-bond donors (Lipinski definition) is 0. The van der Waals surface area contributed by atoms with Gasteiger partial charge in [-0.25, -0.2) is 0 Å². The molecule has 0 rings (SSSR count). The summed E-state index contributed by atoms with van der Waals surface area (Å²) >= 11 is 3.47. The van der Waals surface area contributed by atoms with Crippen LogP contribution in [0.1, 0.15) is 19.8 Å². The van der Waals surface area contributed by atoms with Gasteiger partial charge >= 0.3 is 0 Å². The van der Waals surface area contributed by atoms with Crippen LogP contribution in [-0.2, 0) is 14.2 Å². The van der Waals surface area contributed by atoms with Gasteiger partial charge in [0.05, 0.1) is 19.8 Å². The van der Waals surface area contributed by atoms with E-state index in [1.54, 1.807) is 7.11 Å². The van der Waals surface area contributed by atoms with E-state index in [2.05, 4.69) is 22.9 Å². The molecule has 0 spiro atoms. The van der Waals surface area contributed by atoms with Crippen LogP contribution in [0, 0.1) is 5.92 Å². The average molecular weight is 283 g/mol. The van der Waals surface area contributed by atoms with Gasteiger partial charge in [-0.15, -0.1) is 0 Å². The minimum absolute atomic E-state index is 0.638. The lowest BCUT2D eigenvalue weighted by molar-refractivity contribution is 0.0458. The van der Waals surface area contributed by atoms with Crippen LogP contribution in [0.4, 0.5) is 0 Å². The van der Waals surface area contributed by atoms with E-state index >= 15 is 0 Å². The molecule has 1 unspecified atom stereocenters. The third-order valence-electron chi connectivity index (χ3n) is 2.16. The number of ether oxygens (including phenoxy) is 3. The first-order valence-electron chi connectivity index (χ1n) is 5.55. The Labute approximate surface area is 102 Å². The lowest BCUT2D eigenvalue weighted by atomic mass is 10.1. The van der Waals surface area contributed by atoms with Crippen molar-refractivity contribution in [3.8, 4) is 0 Å². The summed E-state index contributed by atoms with van der Waals surface area (Å²) in [7, 11) is 1.68. The maximum absolute atomic E-state index is 5.54. The van der Waals surface area contributed by atoms with Gasteiger partial charge in [0.25, 0.3) is 0 Å². The molecule has 0 bridgehead atoms. The van der Waals surface area contributed by atoms with Crippen molar-refractivity contribution in [3.05, 3.63) is 0 Å². The van der Waals surface area contributed by atoms with Crippen LogP contribution in [0.5, 0.6) is 0 Å². The van der Waals surface area contributed by atoms with Crippen molar-refractivity contribution in [2.75, 3.05) is 45.5 Å².